The Labute approximate surface area is 176 Å². The summed E-state index contributed by atoms with van der Waals surface area (Å²) in [7, 11) is 0. The molecule has 1 aromatic carbocycles. The standard InChI is InChI=1S/C22H26ClN5O/c23-20-6-2-1-4-17(20)14-26-9-3-5-18(15-26)22-24-21-8-7-19(16-28(21)25-22)27-10-12-29-13-11-27/h1-2,4,6-8,16,18H,3,5,9-15H2. The average molecular weight is 412 g/mol. The second kappa shape index (κ2) is 8.30. The van der Waals surface area contributed by atoms with Gasteiger partial charge in [0.15, 0.2) is 11.5 Å². The second-order valence-electron chi connectivity index (χ2n) is 7.93. The van der Waals surface area contributed by atoms with Gasteiger partial charge in [-0.15, -0.1) is 0 Å². The van der Waals surface area contributed by atoms with Crippen LogP contribution in [0.2, 0.25) is 5.02 Å². The zero-order chi connectivity index (χ0) is 19.6. The molecule has 0 saturated carbocycles. The van der Waals surface area contributed by atoms with Gasteiger partial charge < -0.3 is 9.64 Å². The van der Waals surface area contributed by atoms with E-state index < -0.39 is 0 Å². The van der Waals surface area contributed by atoms with Gasteiger partial charge in [0.2, 0.25) is 0 Å². The number of piperidine rings is 1. The second-order valence-corrected chi connectivity index (χ2v) is 8.33. The molecule has 0 spiro atoms. The average Bonchev–Trinajstić information content (AvgIpc) is 3.20. The lowest BCUT2D eigenvalue weighted by Gasteiger charge is -2.31. The van der Waals surface area contributed by atoms with Gasteiger partial charge in [0.25, 0.3) is 0 Å². The van der Waals surface area contributed by atoms with Crippen LogP contribution in [-0.4, -0.2) is 58.9 Å². The van der Waals surface area contributed by atoms with Crippen molar-refractivity contribution in [1.82, 2.24) is 19.5 Å². The van der Waals surface area contributed by atoms with Gasteiger partial charge in [0.05, 0.1) is 25.1 Å². The van der Waals surface area contributed by atoms with Gasteiger partial charge in [-0.25, -0.2) is 9.50 Å². The fourth-order valence-corrected chi connectivity index (χ4v) is 4.54. The Bertz CT molecular complexity index is 984. The Balaban J connectivity index is 1.32. The van der Waals surface area contributed by atoms with Crippen LogP contribution in [0.4, 0.5) is 5.69 Å². The molecule has 0 N–H and O–H groups in total. The molecular weight excluding hydrogens is 386 g/mol. The van der Waals surface area contributed by atoms with Gasteiger partial charge in [-0.2, -0.15) is 5.10 Å². The van der Waals surface area contributed by atoms with Crippen molar-refractivity contribution in [3.63, 3.8) is 0 Å². The Morgan fingerprint density at radius 3 is 2.79 bits per heavy atom. The minimum Gasteiger partial charge on any atom is -0.378 e. The molecule has 0 bridgehead atoms. The number of morpholine rings is 1. The van der Waals surface area contributed by atoms with Crippen LogP contribution in [-0.2, 0) is 11.3 Å². The summed E-state index contributed by atoms with van der Waals surface area (Å²) in [6.07, 6.45) is 4.39. The third-order valence-corrected chi connectivity index (χ3v) is 6.30. The highest BCUT2D eigenvalue weighted by atomic mass is 35.5. The van der Waals surface area contributed by atoms with Crippen LogP contribution in [0, 0.1) is 0 Å². The molecule has 0 radical (unpaired) electrons. The highest BCUT2D eigenvalue weighted by Crippen LogP contribution is 2.28. The van der Waals surface area contributed by atoms with Crippen molar-refractivity contribution in [3.8, 4) is 0 Å². The quantitative estimate of drug-likeness (QED) is 0.656. The summed E-state index contributed by atoms with van der Waals surface area (Å²) in [5.74, 6) is 1.31. The fraction of sp³-hybridized carbons (Fsp3) is 0.455. The number of likely N-dealkylation sites (tertiary alicyclic amines) is 1. The molecule has 1 unspecified atom stereocenters. The Kier molecular flexibility index (Phi) is 5.40. The molecule has 2 saturated heterocycles. The Morgan fingerprint density at radius 2 is 1.93 bits per heavy atom. The monoisotopic (exact) mass is 411 g/mol. The number of rotatable bonds is 4. The summed E-state index contributed by atoms with van der Waals surface area (Å²) in [4.78, 5) is 9.65. The minimum atomic E-state index is 0.359. The first-order chi connectivity index (χ1) is 14.3. The molecule has 2 aliphatic heterocycles. The number of nitrogens with zero attached hydrogens (tertiary/aromatic N) is 5. The van der Waals surface area contributed by atoms with E-state index >= 15 is 0 Å². The zero-order valence-electron chi connectivity index (χ0n) is 16.5. The number of fused-ring (bicyclic) bond motifs is 1. The highest BCUT2D eigenvalue weighted by molar-refractivity contribution is 6.31. The number of pyridine rings is 1. The van der Waals surface area contributed by atoms with Gasteiger partial charge in [-0.3, -0.25) is 4.90 Å². The summed E-state index contributed by atoms with van der Waals surface area (Å²) in [6, 6.07) is 12.3. The third kappa shape index (κ3) is 4.10. The summed E-state index contributed by atoms with van der Waals surface area (Å²) < 4.78 is 7.40. The summed E-state index contributed by atoms with van der Waals surface area (Å²) in [5, 5.41) is 5.69. The van der Waals surface area contributed by atoms with Gasteiger partial charge in [0, 0.05) is 37.1 Å². The van der Waals surface area contributed by atoms with Crippen LogP contribution in [0.15, 0.2) is 42.6 Å². The number of hydrogen-bond acceptors (Lipinski definition) is 5. The van der Waals surface area contributed by atoms with Gasteiger partial charge in [-0.05, 0) is 43.1 Å². The Morgan fingerprint density at radius 1 is 1.07 bits per heavy atom. The highest BCUT2D eigenvalue weighted by Gasteiger charge is 2.25. The van der Waals surface area contributed by atoms with Crippen molar-refractivity contribution in [2.45, 2.75) is 25.3 Å². The summed E-state index contributed by atoms with van der Waals surface area (Å²) in [5.41, 5.74) is 3.29. The zero-order valence-corrected chi connectivity index (χ0v) is 17.3. The molecule has 3 aromatic rings. The van der Waals surface area contributed by atoms with Crippen LogP contribution in [0.3, 0.4) is 0 Å². The number of anilines is 1. The topological polar surface area (TPSA) is 45.9 Å². The molecule has 5 rings (SSSR count). The molecule has 2 fully saturated rings. The van der Waals surface area contributed by atoms with E-state index in [1.807, 2.05) is 16.6 Å². The molecule has 0 aliphatic carbocycles. The van der Waals surface area contributed by atoms with Crippen LogP contribution in [0.5, 0.6) is 0 Å². The molecule has 4 heterocycles. The van der Waals surface area contributed by atoms with Crippen molar-refractivity contribution < 1.29 is 4.74 Å². The van der Waals surface area contributed by atoms with Crippen LogP contribution in [0.25, 0.3) is 5.65 Å². The number of benzene rings is 1. The fourth-order valence-electron chi connectivity index (χ4n) is 4.35. The van der Waals surface area contributed by atoms with Gasteiger partial charge in [-0.1, -0.05) is 29.8 Å². The number of ether oxygens (including phenoxy) is 1. The van der Waals surface area contributed by atoms with E-state index in [9.17, 15) is 0 Å². The predicted molar refractivity (Wildman–Crippen MR) is 115 cm³/mol. The van der Waals surface area contributed by atoms with E-state index in [0.717, 1.165) is 75.3 Å². The number of hydrogen-bond donors (Lipinski definition) is 0. The van der Waals surface area contributed by atoms with Crippen LogP contribution in [0.1, 0.15) is 30.1 Å². The van der Waals surface area contributed by atoms with Crippen molar-refractivity contribution in [2.24, 2.45) is 0 Å². The van der Waals surface area contributed by atoms with E-state index in [4.69, 9.17) is 26.4 Å². The minimum absolute atomic E-state index is 0.359. The first-order valence-corrected chi connectivity index (χ1v) is 10.8. The lowest BCUT2D eigenvalue weighted by atomic mass is 9.97. The van der Waals surface area contributed by atoms with Crippen molar-refractivity contribution in [1.29, 1.82) is 0 Å². The Hall–Kier alpha value is -2.15. The lowest BCUT2D eigenvalue weighted by molar-refractivity contribution is 0.122. The lowest BCUT2D eigenvalue weighted by Crippen LogP contribution is -2.36. The third-order valence-electron chi connectivity index (χ3n) is 5.93. The first kappa shape index (κ1) is 18.9. The van der Waals surface area contributed by atoms with Gasteiger partial charge in [0.1, 0.15) is 0 Å². The molecular formula is C22H26ClN5O. The van der Waals surface area contributed by atoms with E-state index in [1.165, 1.54) is 11.3 Å². The van der Waals surface area contributed by atoms with Crippen LogP contribution < -0.4 is 4.90 Å². The van der Waals surface area contributed by atoms with Gasteiger partial charge >= 0.3 is 0 Å². The largest absolute Gasteiger partial charge is 0.378 e. The van der Waals surface area contributed by atoms with Crippen molar-refractivity contribution >= 4 is 22.9 Å². The maximum absolute atomic E-state index is 6.36. The summed E-state index contributed by atoms with van der Waals surface area (Å²) in [6.45, 7) is 6.35. The van der Waals surface area contributed by atoms with E-state index in [2.05, 4.69) is 40.3 Å². The number of aromatic nitrogens is 3. The maximum Gasteiger partial charge on any atom is 0.156 e. The van der Waals surface area contributed by atoms with Crippen molar-refractivity contribution in [2.75, 3.05) is 44.3 Å². The molecule has 0 amide bonds. The molecule has 6 nitrogen and oxygen atoms in total. The molecule has 152 valence electrons. The molecule has 1 atom stereocenters. The smallest absolute Gasteiger partial charge is 0.156 e. The normalized spacial score (nSPS) is 21.0. The number of halogens is 1. The van der Waals surface area contributed by atoms with E-state index in [-0.39, 0.29) is 0 Å². The first-order valence-electron chi connectivity index (χ1n) is 10.4. The predicted octanol–water partition coefficient (Wildman–Crippen LogP) is 3.60. The van der Waals surface area contributed by atoms with Crippen molar-refractivity contribution in [3.05, 3.63) is 59.0 Å². The molecule has 2 aliphatic rings. The van der Waals surface area contributed by atoms with E-state index in [1.54, 1.807) is 0 Å². The molecule has 29 heavy (non-hydrogen) atoms. The molecule has 7 heteroatoms. The summed E-state index contributed by atoms with van der Waals surface area (Å²) >= 11 is 6.36. The molecule has 2 aromatic heterocycles. The van der Waals surface area contributed by atoms with Crippen LogP contribution >= 0.6 is 11.6 Å². The van der Waals surface area contributed by atoms with E-state index in [0.29, 0.717) is 5.92 Å². The maximum atomic E-state index is 6.36. The SMILES string of the molecule is Clc1ccccc1CN1CCCC(c2nc3ccc(N4CCOCC4)cn3n2)C1.